The molecule has 0 saturated heterocycles. The molecule has 2 N–H and O–H groups in total. The Hall–Kier alpha value is -1.26. The molecule has 2 saturated carbocycles. The molecule has 0 aromatic rings. The number of hydrogen-bond acceptors (Lipinski definition) is 2. The van der Waals surface area contributed by atoms with E-state index in [0.29, 0.717) is 18.6 Å². The maximum atomic E-state index is 12.1. The van der Waals surface area contributed by atoms with Crippen LogP contribution in [0.4, 0.5) is 0 Å². The van der Waals surface area contributed by atoms with Crippen LogP contribution in [0.5, 0.6) is 0 Å². The lowest BCUT2D eigenvalue weighted by atomic mass is 9.94. The van der Waals surface area contributed by atoms with Crippen molar-refractivity contribution in [3.8, 4) is 0 Å². The molecular formula is C14H26N4O. The van der Waals surface area contributed by atoms with Gasteiger partial charge >= 0.3 is 0 Å². The first-order valence-corrected chi connectivity index (χ1v) is 7.43. The Bertz CT molecular complexity index is 332. The number of carbonyl (C=O) groups is 1. The van der Waals surface area contributed by atoms with Gasteiger partial charge in [0, 0.05) is 26.2 Å². The lowest BCUT2D eigenvalue weighted by Crippen LogP contribution is -2.47. The van der Waals surface area contributed by atoms with Crippen LogP contribution in [0.3, 0.4) is 0 Å². The largest absolute Gasteiger partial charge is 0.354 e. The summed E-state index contributed by atoms with van der Waals surface area (Å²) >= 11 is 0. The monoisotopic (exact) mass is 266 g/mol. The van der Waals surface area contributed by atoms with Gasteiger partial charge in [0.25, 0.3) is 0 Å². The highest BCUT2D eigenvalue weighted by atomic mass is 16.2. The highest BCUT2D eigenvalue weighted by Gasteiger charge is 2.24. The molecule has 0 radical (unpaired) electrons. The first-order chi connectivity index (χ1) is 9.20. The quantitative estimate of drug-likeness (QED) is 0.592. The van der Waals surface area contributed by atoms with E-state index in [1.807, 2.05) is 11.9 Å². The van der Waals surface area contributed by atoms with Crippen molar-refractivity contribution in [2.24, 2.45) is 4.99 Å². The van der Waals surface area contributed by atoms with Crippen LogP contribution < -0.4 is 10.6 Å². The predicted molar refractivity (Wildman–Crippen MR) is 77.2 cm³/mol. The fourth-order valence-corrected chi connectivity index (χ4v) is 2.57. The van der Waals surface area contributed by atoms with Gasteiger partial charge in [0.1, 0.15) is 0 Å². The van der Waals surface area contributed by atoms with E-state index in [4.69, 9.17) is 0 Å². The highest BCUT2D eigenvalue weighted by molar-refractivity contribution is 5.86. The SMILES string of the molecule is CN=C(NCC(=O)N(C)C1CCCCC1)NC1CC1. The second-order valence-corrected chi connectivity index (χ2v) is 5.64. The third kappa shape index (κ3) is 4.40. The van der Waals surface area contributed by atoms with Gasteiger partial charge in [-0.2, -0.15) is 0 Å². The molecule has 0 bridgehead atoms. The summed E-state index contributed by atoms with van der Waals surface area (Å²) in [6.45, 7) is 0.333. The fraction of sp³-hybridized carbons (Fsp3) is 0.857. The van der Waals surface area contributed by atoms with Crippen LogP contribution in [0, 0.1) is 0 Å². The zero-order valence-corrected chi connectivity index (χ0v) is 12.1. The lowest BCUT2D eigenvalue weighted by Gasteiger charge is -2.31. The standard InChI is InChI=1S/C14H26N4O/c1-15-14(17-11-8-9-11)16-10-13(19)18(2)12-6-4-3-5-7-12/h11-12H,3-10H2,1-2H3,(H2,15,16,17). The van der Waals surface area contributed by atoms with Crippen molar-refractivity contribution >= 4 is 11.9 Å². The van der Waals surface area contributed by atoms with E-state index in [9.17, 15) is 4.79 Å². The van der Waals surface area contributed by atoms with E-state index in [1.54, 1.807) is 7.05 Å². The van der Waals surface area contributed by atoms with Gasteiger partial charge in [0.05, 0.1) is 6.54 Å². The summed E-state index contributed by atoms with van der Waals surface area (Å²) in [7, 11) is 3.67. The maximum Gasteiger partial charge on any atom is 0.241 e. The van der Waals surface area contributed by atoms with Gasteiger partial charge in [-0.25, -0.2) is 0 Å². The number of likely N-dealkylation sites (N-methyl/N-ethyl adjacent to an activating group) is 1. The molecular weight excluding hydrogens is 240 g/mol. The normalized spacial score (nSPS) is 21.1. The van der Waals surface area contributed by atoms with Crippen molar-refractivity contribution in [1.29, 1.82) is 0 Å². The molecule has 0 aliphatic heterocycles. The molecule has 2 fully saturated rings. The minimum absolute atomic E-state index is 0.158. The van der Waals surface area contributed by atoms with Gasteiger partial charge in [-0.05, 0) is 25.7 Å². The summed E-state index contributed by atoms with van der Waals surface area (Å²) < 4.78 is 0. The summed E-state index contributed by atoms with van der Waals surface area (Å²) in [4.78, 5) is 18.2. The van der Waals surface area contributed by atoms with E-state index >= 15 is 0 Å². The molecule has 0 aromatic carbocycles. The fourth-order valence-electron chi connectivity index (χ4n) is 2.57. The van der Waals surface area contributed by atoms with E-state index < -0.39 is 0 Å². The number of aliphatic imine (C=N–C) groups is 1. The number of carbonyl (C=O) groups excluding carboxylic acids is 1. The predicted octanol–water partition coefficient (Wildman–Crippen LogP) is 1.10. The first-order valence-electron chi connectivity index (χ1n) is 7.43. The Kier molecular flexibility index (Phi) is 5.05. The Morgan fingerprint density at radius 2 is 1.89 bits per heavy atom. The van der Waals surface area contributed by atoms with Gasteiger partial charge in [-0.15, -0.1) is 0 Å². The lowest BCUT2D eigenvalue weighted by molar-refractivity contribution is -0.131. The van der Waals surface area contributed by atoms with E-state index in [2.05, 4.69) is 15.6 Å². The number of nitrogens with zero attached hydrogens (tertiary/aromatic N) is 2. The van der Waals surface area contributed by atoms with Gasteiger partial charge in [-0.3, -0.25) is 9.79 Å². The van der Waals surface area contributed by atoms with Crippen LogP contribution in [-0.4, -0.2) is 49.5 Å². The molecule has 5 heteroatoms. The van der Waals surface area contributed by atoms with Crippen LogP contribution >= 0.6 is 0 Å². The van der Waals surface area contributed by atoms with Crippen molar-refractivity contribution < 1.29 is 4.79 Å². The van der Waals surface area contributed by atoms with Gasteiger partial charge in [-0.1, -0.05) is 19.3 Å². The van der Waals surface area contributed by atoms with Gasteiger partial charge < -0.3 is 15.5 Å². The Labute approximate surface area is 115 Å². The average Bonchev–Trinajstić information content (AvgIpc) is 3.27. The molecule has 0 spiro atoms. The summed E-state index contributed by atoms with van der Waals surface area (Å²) in [5.41, 5.74) is 0. The molecule has 2 rings (SSSR count). The Morgan fingerprint density at radius 3 is 2.47 bits per heavy atom. The summed E-state index contributed by atoms with van der Waals surface area (Å²) in [5, 5.41) is 6.39. The van der Waals surface area contributed by atoms with E-state index in [0.717, 1.165) is 18.8 Å². The second kappa shape index (κ2) is 6.78. The summed E-state index contributed by atoms with van der Waals surface area (Å²) in [6, 6.07) is 0.985. The molecule has 19 heavy (non-hydrogen) atoms. The molecule has 2 aliphatic carbocycles. The minimum atomic E-state index is 0.158. The van der Waals surface area contributed by atoms with Crippen molar-refractivity contribution in [3.63, 3.8) is 0 Å². The van der Waals surface area contributed by atoms with Gasteiger partial charge in [0.15, 0.2) is 5.96 Å². The van der Waals surface area contributed by atoms with Crippen molar-refractivity contribution in [3.05, 3.63) is 0 Å². The summed E-state index contributed by atoms with van der Waals surface area (Å²) in [6.07, 6.45) is 8.53. The zero-order chi connectivity index (χ0) is 13.7. The molecule has 108 valence electrons. The third-order valence-electron chi connectivity index (χ3n) is 4.06. The molecule has 0 heterocycles. The van der Waals surface area contributed by atoms with E-state index in [-0.39, 0.29) is 5.91 Å². The van der Waals surface area contributed by atoms with Gasteiger partial charge in [0.2, 0.25) is 5.91 Å². The van der Waals surface area contributed by atoms with Crippen LogP contribution in [0.25, 0.3) is 0 Å². The van der Waals surface area contributed by atoms with Crippen molar-refractivity contribution in [2.45, 2.75) is 57.0 Å². The van der Waals surface area contributed by atoms with Crippen molar-refractivity contribution in [2.75, 3.05) is 20.6 Å². The third-order valence-corrected chi connectivity index (χ3v) is 4.06. The highest BCUT2D eigenvalue weighted by Crippen LogP contribution is 2.21. The molecule has 0 atom stereocenters. The average molecular weight is 266 g/mol. The van der Waals surface area contributed by atoms with Crippen LogP contribution in [0.1, 0.15) is 44.9 Å². The topological polar surface area (TPSA) is 56.7 Å². The Morgan fingerprint density at radius 1 is 1.21 bits per heavy atom. The molecule has 5 nitrogen and oxygen atoms in total. The van der Waals surface area contributed by atoms with Crippen LogP contribution in [0.15, 0.2) is 4.99 Å². The number of hydrogen-bond donors (Lipinski definition) is 2. The van der Waals surface area contributed by atoms with Crippen LogP contribution in [-0.2, 0) is 4.79 Å². The summed E-state index contributed by atoms with van der Waals surface area (Å²) in [5.74, 6) is 0.901. The van der Waals surface area contributed by atoms with Crippen molar-refractivity contribution in [1.82, 2.24) is 15.5 Å². The van der Waals surface area contributed by atoms with E-state index in [1.165, 1.54) is 32.1 Å². The number of nitrogens with one attached hydrogen (secondary N) is 2. The first kappa shape index (κ1) is 14.2. The number of amides is 1. The molecule has 0 unspecified atom stereocenters. The smallest absolute Gasteiger partial charge is 0.241 e. The molecule has 0 aromatic heterocycles. The van der Waals surface area contributed by atoms with Crippen LogP contribution in [0.2, 0.25) is 0 Å². The zero-order valence-electron chi connectivity index (χ0n) is 12.1. The number of rotatable bonds is 4. The minimum Gasteiger partial charge on any atom is -0.354 e. The maximum absolute atomic E-state index is 12.1. The molecule has 2 aliphatic rings. The Balaban J connectivity index is 1.72. The second-order valence-electron chi connectivity index (χ2n) is 5.64. The molecule has 1 amide bonds. The number of guanidine groups is 1.